The first-order valence-electron chi connectivity index (χ1n) is 14.1. The van der Waals surface area contributed by atoms with Gasteiger partial charge in [0.25, 0.3) is 0 Å². The average Bonchev–Trinajstić information content (AvgIpc) is 3.52. The summed E-state index contributed by atoms with van der Waals surface area (Å²) in [5, 5.41) is 11.0. The molecule has 4 heterocycles. The van der Waals surface area contributed by atoms with Crippen molar-refractivity contribution in [2.75, 3.05) is 10.6 Å². The van der Waals surface area contributed by atoms with Crippen molar-refractivity contribution in [3.63, 3.8) is 0 Å². The van der Waals surface area contributed by atoms with Gasteiger partial charge in [0.15, 0.2) is 11.5 Å². The number of aromatic amines is 1. The number of imidazole rings is 1. The molecule has 2 atom stereocenters. The number of fused-ring (bicyclic) bond motifs is 1. The minimum Gasteiger partial charge on any atom is -0.365 e. The minimum absolute atomic E-state index is 0.147. The molecule has 2 saturated carbocycles. The molecule has 0 aromatic carbocycles. The highest BCUT2D eigenvalue weighted by molar-refractivity contribution is 5.87. The van der Waals surface area contributed by atoms with Crippen LogP contribution in [0.5, 0.6) is 0 Å². The maximum absolute atomic E-state index is 11.7. The zero-order chi connectivity index (χ0) is 27.6. The predicted octanol–water partition coefficient (Wildman–Crippen LogP) is 4.17. The Morgan fingerprint density at radius 1 is 1.12 bits per heavy atom. The Morgan fingerprint density at radius 3 is 2.60 bits per heavy atom. The van der Waals surface area contributed by atoms with Crippen LogP contribution in [-0.2, 0) is 6.54 Å². The van der Waals surface area contributed by atoms with Crippen molar-refractivity contribution in [3.8, 4) is 24.0 Å². The fourth-order valence-electron chi connectivity index (χ4n) is 5.70. The number of hydrogen-bond acceptors (Lipinski definition) is 10. The Labute approximate surface area is 231 Å². The molecule has 0 bridgehead atoms. The fraction of sp³-hybridized carbons (Fsp3) is 0.536. The molecule has 3 N–H and O–H groups in total. The van der Waals surface area contributed by atoms with E-state index < -0.39 is 5.76 Å². The standard InChI is InChI=1S/C28H34N10O2/c1-4-18-8-10-19(11-9-18)15-38-22-23(31-16(2)20-6-5-7-20)33-25(26-36-28(39)40-37-26)34-24(22)35-27(38)32-17(3)21-14-29-12-13-30-21/h1,12-14,16-20H,5-11,15H2,2-3H3,(H,36,37,39)(H2,31,32,33,34,35)/t16-,17?,18?,19?/m1/s1. The molecule has 0 radical (unpaired) electrons. The number of anilines is 2. The summed E-state index contributed by atoms with van der Waals surface area (Å²) in [6.07, 6.45) is 18.6. The Hall–Kier alpha value is -4.27. The number of aromatic nitrogens is 8. The Kier molecular flexibility index (Phi) is 7.19. The normalized spacial score (nSPS) is 20.9. The highest BCUT2D eigenvalue weighted by Crippen LogP contribution is 2.36. The first-order valence-corrected chi connectivity index (χ1v) is 14.1. The first-order chi connectivity index (χ1) is 19.5. The number of nitrogens with one attached hydrogen (secondary N) is 3. The van der Waals surface area contributed by atoms with Crippen LogP contribution in [0.25, 0.3) is 22.8 Å². The van der Waals surface area contributed by atoms with E-state index >= 15 is 0 Å². The highest BCUT2D eigenvalue weighted by atomic mass is 16.5. The number of rotatable bonds is 9. The number of nitrogens with zero attached hydrogens (tertiary/aromatic N) is 7. The molecule has 1 unspecified atom stereocenters. The van der Waals surface area contributed by atoms with E-state index in [1.165, 1.54) is 19.3 Å². The maximum Gasteiger partial charge on any atom is 0.439 e. The smallest absolute Gasteiger partial charge is 0.365 e. The summed E-state index contributed by atoms with van der Waals surface area (Å²) in [5.41, 5.74) is 2.12. The van der Waals surface area contributed by atoms with Gasteiger partial charge in [-0.1, -0.05) is 11.6 Å². The summed E-state index contributed by atoms with van der Waals surface area (Å²) in [4.78, 5) is 37.5. The zero-order valence-electron chi connectivity index (χ0n) is 22.8. The predicted molar refractivity (Wildman–Crippen MR) is 150 cm³/mol. The van der Waals surface area contributed by atoms with Crippen LogP contribution < -0.4 is 16.4 Å². The lowest BCUT2D eigenvalue weighted by molar-refractivity contribution is 0.284. The van der Waals surface area contributed by atoms with Crippen LogP contribution in [0.1, 0.15) is 70.5 Å². The largest absolute Gasteiger partial charge is 0.439 e. The van der Waals surface area contributed by atoms with Gasteiger partial charge in [0.2, 0.25) is 17.6 Å². The third-order valence-electron chi connectivity index (χ3n) is 8.37. The van der Waals surface area contributed by atoms with Crippen LogP contribution in [0.2, 0.25) is 0 Å². The Balaban J connectivity index is 1.44. The Bertz CT molecular complexity index is 1560. The summed E-state index contributed by atoms with van der Waals surface area (Å²) >= 11 is 0. The Morgan fingerprint density at radius 2 is 1.95 bits per heavy atom. The molecule has 0 aliphatic heterocycles. The zero-order valence-corrected chi connectivity index (χ0v) is 22.8. The van der Waals surface area contributed by atoms with Crippen molar-refractivity contribution in [2.24, 2.45) is 17.8 Å². The highest BCUT2D eigenvalue weighted by Gasteiger charge is 2.29. The second kappa shape index (κ2) is 11.1. The molecule has 6 rings (SSSR count). The van der Waals surface area contributed by atoms with E-state index in [0.29, 0.717) is 35.2 Å². The monoisotopic (exact) mass is 542 g/mol. The van der Waals surface area contributed by atoms with E-state index in [-0.39, 0.29) is 23.7 Å². The van der Waals surface area contributed by atoms with Crippen LogP contribution in [0.4, 0.5) is 11.8 Å². The van der Waals surface area contributed by atoms with Crippen LogP contribution in [0.3, 0.4) is 0 Å². The van der Waals surface area contributed by atoms with Gasteiger partial charge in [-0.3, -0.25) is 19.5 Å². The van der Waals surface area contributed by atoms with Gasteiger partial charge >= 0.3 is 5.76 Å². The quantitative estimate of drug-likeness (QED) is 0.263. The van der Waals surface area contributed by atoms with E-state index in [4.69, 9.17) is 25.9 Å². The molecular weight excluding hydrogens is 508 g/mol. The van der Waals surface area contributed by atoms with Crippen molar-refractivity contribution >= 4 is 22.9 Å². The van der Waals surface area contributed by atoms with Gasteiger partial charge in [-0.15, -0.1) is 12.3 Å². The lowest BCUT2D eigenvalue weighted by atomic mass is 9.80. The van der Waals surface area contributed by atoms with E-state index in [2.05, 4.69) is 48.2 Å². The van der Waals surface area contributed by atoms with E-state index in [1.54, 1.807) is 18.6 Å². The molecule has 2 aliphatic rings. The molecule has 12 nitrogen and oxygen atoms in total. The topological polar surface area (TPSA) is 152 Å². The van der Waals surface area contributed by atoms with Crippen LogP contribution >= 0.6 is 0 Å². The average molecular weight is 543 g/mol. The van der Waals surface area contributed by atoms with Gasteiger partial charge in [-0.05, 0) is 64.2 Å². The van der Waals surface area contributed by atoms with Gasteiger partial charge in [-0.2, -0.15) is 4.98 Å². The van der Waals surface area contributed by atoms with Crippen molar-refractivity contribution in [1.82, 2.24) is 39.6 Å². The van der Waals surface area contributed by atoms with Crippen molar-refractivity contribution in [2.45, 2.75) is 77.4 Å². The van der Waals surface area contributed by atoms with Crippen LogP contribution in [0.15, 0.2) is 27.9 Å². The second-order valence-electron chi connectivity index (χ2n) is 11.1. The molecule has 2 aliphatic carbocycles. The molecule has 12 heteroatoms. The van der Waals surface area contributed by atoms with Gasteiger partial charge in [0.1, 0.15) is 5.52 Å². The molecule has 0 saturated heterocycles. The molecular formula is C28H34N10O2. The van der Waals surface area contributed by atoms with E-state index in [1.807, 2.05) is 6.92 Å². The van der Waals surface area contributed by atoms with Crippen molar-refractivity contribution < 1.29 is 4.52 Å². The van der Waals surface area contributed by atoms with Gasteiger partial charge in [0.05, 0.1) is 17.9 Å². The van der Waals surface area contributed by atoms with E-state index in [9.17, 15) is 4.79 Å². The SMILES string of the molecule is C#CC1CCC(Cn2c(NC(C)c3cnccn3)nc3nc(-c4noc(=O)[nH]4)nc(N[C@H](C)C4CCC4)c32)CC1. The summed E-state index contributed by atoms with van der Waals surface area (Å²) in [6.45, 7) is 4.96. The third-order valence-corrected chi connectivity index (χ3v) is 8.37. The molecule has 2 fully saturated rings. The molecule has 40 heavy (non-hydrogen) atoms. The summed E-state index contributed by atoms with van der Waals surface area (Å²) in [7, 11) is 0. The number of hydrogen-bond donors (Lipinski definition) is 3. The molecule has 0 spiro atoms. The minimum atomic E-state index is -0.663. The summed E-state index contributed by atoms with van der Waals surface area (Å²) < 4.78 is 6.93. The lowest BCUT2D eigenvalue weighted by Gasteiger charge is -2.32. The van der Waals surface area contributed by atoms with Crippen LogP contribution in [0, 0.1) is 30.1 Å². The molecule has 4 aromatic rings. The summed E-state index contributed by atoms with van der Waals surface area (Å²) in [5.74, 6) is 5.37. The van der Waals surface area contributed by atoms with Gasteiger partial charge in [0, 0.05) is 30.9 Å². The maximum atomic E-state index is 11.7. The van der Waals surface area contributed by atoms with E-state index in [0.717, 1.165) is 43.4 Å². The van der Waals surface area contributed by atoms with Gasteiger partial charge < -0.3 is 15.2 Å². The fourth-order valence-corrected chi connectivity index (χ4v) is 5.70. The van der Waals surface area contributed by atoms with Crippen molar-refractivity contribution in [3.05, 3.63) is 34.8 Å². The number of H-pyrrole nitrogens is 1. The molecule has 4 aromatic heterocycles. The second-order valence-corrected chi connectivity index (χ2v) is 11.1. The van der Waals surface area contributed by atoms with Crippen LogP contribution in [-0.4, -0.2) is 45.7 Å². The van der Waals surface area contributed by atoms with Gasteiger partial charge in [-0.25, -0.2) is 14.8 Å². The third kappa shape index (κ3) is 5.28. The number of terminal acetylenes is 1. The van der Waals surface area contributed by atoms with Crippen molar-refractivity contribution in [1.29, 1.82) is 0 Å². The lowest BCUT2D eigenvalue weighted by Crippen LogP contribution is -2.31. The summed E-state index contributed by atoms with van der Waals surface area (Å²) in [6, 6.07) is 0.0615. The molecule has 208 valence electrons. The first kappa shape index (κ1) is 26.0. The molecule has 0 amide bonds.